The third-order valence-electron chi connectivity index (χ3n) is 3.63. The van der Waals surface area contributed by atoms with Gasteiger partial charge in [0.25, 0.3) is 5.69 Å². The van der Waals surface area contributed by atoms with Gasteiger partial charge in [-0.05, 0) is 17.2 Å². The minimum Gasteiger partial charge on any atom is -0.351 e. The van der Waals surface area contributed by atoms with Crippen LogP contribution in [-0.2, 0) is 11.3 Å². The molecule has 0 fully saturated rings. The van der Waals surface area contributed by atoms with Gasteiger partial charge in [-0.25, -0.2) is 0 Å². The molecule has 0 unspecified atom stereocenters. The van der Waals surface area contributed by atoms with Crippen molar-refractivity contribution in [3.8, 4) is 0 Å². The third kappa shape index (κ3) is 2.96. The van der Waals surface area contributed by atoms with Gasteiger partial charge in [-0.1, -0.05) is 30.3 Å². The van der Waals surface area contributed by atoms with Crippen LogP contribution < -0.4 is 5.32 Å². The minimum absolute atomic E-state index is 0.00389. The van der Waals surface area contributed by atoms with Gasteiger partial charge in [0.05, 0.1) is 10.8 Å². The maximum atomic E-state index is 12.3. The Morgan fingerprint density at radius 3 is 2.68 bits per heavy atom. The summed E-state index contributed by atoms with van der Waals surface area (Å²) >= 11 is 1.70. The highest BCUT2D eigenvalue weighted by molar-refractivity contribution is 7.99. The summed E-state index contributed by atoms with van der Waals surface area (Å²) in [5.74, 6) is 0.626. The van der Waals surface area contributed by atoms with E-state index in [4.69, 9.17) is 0 Å². The highest BCUT2D eigenvalue weighted by Crippen LogP contribution is 2.39. The number of thioether (sulfide) groups is 1. The number of nitro groups is 1. The van der Waals surface area contributed by atoms with Crippen molar-refractivity contribution < 1.29 is 9.72 Å². The zero-order valence-electron chi connectivity index (χ0n) is 11.7. The molecule has 0 saturated carbocycles. The standard InChI is InChI=1S/C16H14N2O3S/c19-16(14-10-22-15-4-2-1-3-13(14)15)17-9-11-5-7-12(8-6-11)18(20)21/h1-8,14H,9-10H2,(H,17,19)/t14-/m1/s1. The van der Waals surface area contributed by atoms with E-state index in [0.29, 0.717) is 6.54 Å². The number of nitro benzene ring substituents is 1. The lowest BCUT2D eigenvalue weighted by Gasteiger charge is -2.11. The molecule has 1 aliphatic rings. The molecule has 1 heterocycles. The molecule has 0 radical (unpaired) electrons. The van der Waals surface area contributed by atoms with Crippen LogP contribution in [0.3, 0.4) is 0 Å². The molecular weight excluding hydrogens is 300 g/mol. The van der Waals surface area contributed by atoms with E-state index < -0.39 is 4.92 Å². The predicted molar refractivity (Wildman–Crippen MR) is 84.9 cm³/mol. The highest BCUT2D eigenvalue weighted by atomic mass is 32.2. The van der Waals surface area contributed by atoms with E-state index in [1.807, 2.05) is 24.3 Å². The summed E-state index contributed by atoms with van der Waals surface area (Å²) in [6, 6.07) is 14.2. The number of hydrogen-bond donors (Lipinski definition) is 1. The lowest BCUT2D eigenvalue weighted by molar-refractivity contribution is -0.384. The zero-order chi connectivity index (χ0) is 15.5. The number of benzene rings is 2. The molecule has 1 N–H and O–H groups in total. The summed E-state index contributed by atoms with van der Waals surface area (Å²) in [5.41, 5.74) is 1.97. The van der Waals surface area contributed by atoms with Crippen molar-refractivity contribution in [2.45, 2.75) is 17.4 Å². The number of rotatable bonds is 4. The largest absolute Gasteiger partial charge is 0.351 e. The van der Waals surface area contributed by atoms with Gasteiger partial charge in [0.2, 0.25) is 5.91 Å². The van der Waals surface area contributed by atoms with Crippen LogP contribution in [0.4, 0.5) is 5.69 Å². The molecule has 0 spiro atoms. The van der Waals surface area contributed by atoms with E-state index in [1.54, 1.807) is 23.9 Å². The van der Waals surface area contributed by atoms with Crippen molar-refractivity contribution in [2.24, 2.45) is 0 Å². The van der Waals surface area contributed by atoms with E-state index in [9.17, 15) is 14.9 Å². The van der Waals surface area contributed by atoms with Gasteiger partial charge >= 0.3 is 0 Å². The fourth-order valence-electron chi connectivity index (χ4n) is 2.43. The molecular formula is C16H14N2O3S. The van der Waals surface area contributed by atoms with Gasteiger partial charge in [0, 0.05) is 29.3 Å². The first-order chi connectivity index (χ1) is 10.6. The van der Waals surface area contributed by atoms with Crippen molar-refractivity contribution >= 4 is 23.4 Å². The average Bonchev–Trinajstić information content (AvgIpc) is 2.97. The number of amides is 1. The topological polar surface area (TPSA) is 72.2 Å². The Balaban J connectivity index is 1.62. The van der Waals surface area contributed by atoms with E-state index >= 15 is 0 Å². The first-order valence-corrected chi connectivity index (χ1v) is 7.86. The molecule has 3 rings (SSSR count). The number of carbonyl (C=O) groups excluding carboxylic acids is 1. The molecule has 0 aromatic heterocycles. The first kappa shape index (κ1) is 14.6. The van der Waals surface area contributed by atoms with Crippen molar-refractivity contribution in [3.63, 3.8) is 0 Å². The maximum Gasteiger partial charge on any atom is 0.269 e. The second kappa shape index (κ2) is 6.19. The second-order valence-corrected chi connectivity index (χ2v) is 6.10. The Kier molecular flexibility index (Phi) is 4.11. The number of hydrogen-bond acceptors (Lipinski definition) is 4. The highest BCUT2D eigenvalue weighted by Gasteiger charge is 2.28. The Labute approximate surface area is 131 Å². The SMILES string of the molecule is O=C(NCc1ccc([N+](=O)[O-])cc1)[C@@H]1CSc2ccccc21. The van der Waals surface area contributed by atoms with Crippen LogP contribution in [0.25, 0.3) is 0 Å². The van der Waals surface area contributed by atoms with Crippen LogP contribution in [-0.4, -0.2) is 16.6 Å². The summed E-state index contributed by atoms with van der Waals surface area (Å²) in [6.45, 7) is 0.375. The molecule has 0 saturated heterocycles. The molecule has 2 aromatic rings. The van der Waals surface area contributed by atoms with E-state index in [1.165, 1.54) is 12.1 Å². The molecule has 1 atom stereocenters. The van der Waals surface area contributed by atoms with Gasteiger partial charge in [0.15, 0.2) is 0 Å². The lowest BCUT2D eigenvalue weighted by atomic mass is 10.0. The summed E-state index contributed by atoms with van der Waals surface area (Å²) in [6.07, 6.45) is 0. The number of carbonyl (C=O) groups is 1. The molecule has 5 nitrogen and oxygen atoms in total. The molecule has 6 heteroatoms. The van der Waals surface area contributed by atoms with Crippen molar-refractivity contribution in [1.29, 1.82) is 0 Å². The van der Waals surface area contributed by atoms with E-state index in [2.05, 4.69) is 5.32 Å². The number of fused-ring (bicyclic) bond motifs is 1. The van der Waals surface area contributed by atoms with Gasteiger partial charge in [-0.3, -0.25) is 14.9 Å². The van der Waals surface area contributed by atoms with Crippen LogP contribution >= 0.6 is 11.8 Å². The van der Waals surface area contributed by atoms with Crippen LogP contribution in [0.1, 0.15) is 17.0 Å². The maximum absolute atomic E-state index is 12.3. The van der Waals surface area contributed by atoms with Crippen LogP contribution in [0.5, 0.6) is 0 Å². The molecule has 0 aliphatic carbocycles. The average molecular weight is 314 g/mol. The fraction of sp³-hybridized carbons (Fsp3) is 0.188. The number of nitrogens with one attached hydrogen (secondary N) is 1. The summed E-state index contributed by atoms with van der Waals surface area (Å²) in [5, 5.41) is 13.5. The van der Waals surface area contributed by atoms with Crippen LogP contribution in [0, 0.1) is 10.1 Å². The normalized spacial score (nSPS) is 16.1. The Hall–Kier alpha value is -2.34. The van der Waals surface area contributed by atoms with Crippen LogP contribution in [0.2, 0.25) is 0 Å². The molecule has 1 amide bonds. The van der Waals surface area contributed by atoms with Crippen molar-refractivity contribution in [1.82, 2.24) is 5.32 Å². The van der Waals surface area contributed by atoms with Crippen molar-refractivity contribution in [3.05, 3.63) is 69.8 Å². The summed E-state index contributed by atoms with van der Waals surface area (Å²) < 4.78 is 0. The first-order valence-electron chi connectivity index (χ1n) is 6.88. The monoisotopic (exact) mass is 314 g/mol. The third-order valence-corrected chi connectivity index (χ3v) is 4.81. The number of non-ortho nitro benzene ring substituents is 1. The van der Waals surface area contributed by atoms with E-state index in [0.717, 1.165) is 21.8 Å². The Morgan fingerprint density at radius 2 is 1.95 bits per heavy atom. The molecule has 1 aliphatic heterocycles. The summed E-state index contributed by atoms with van der Waals surface area (Å²) in [4.78, 5) is 23.7. The predicted octanol–water partition coefficient (Wildman–Crippen LogP) is 3.10. The van der Waals surface area contributed by atoms with E-state index in [-0.39, 0.29) is 17.5 Å². The number of nitrogens with zero attached hydrogens (tertiary/aromatic N) is 1. The lowest BCUT2D eigenvalue weighted by Crippen LogP contribution is -2.29. The van der Waals surface area contributed by atoms with Crippen LogP contribution in [0.15, 0.2) is 53.4 Å². The second-order valence-electron chi connectivity index (χ2n) is 5.04. The van der Waals surface area contributed by atoms with Gasteiger partial charge in [-0.2, -0.15) is 0 Å². The van der Waals surface area contributed by atoms with Gasteiger partial charge < -0.3 is 5.32 Å². The molecule has 2 aromatic carbocycles. The molecule has 112 valence electrons. The Morgan fingerprint density at radius 1 is 1.23 bits per heavy atom. The summed E-state index contributed by atoms with van der Waals surface area (Å²) in [7, 11) is 0. The molecule has 22 heavy (non-hydrogen) atoms. The minimum atomic E-state index is -0.435. The molecule has 0 bridgehead atoms. The fourth-order valence-corrected chi connectivity index (χ4v) is 3.66. The quantitative estimate of drug-likeness (QED) is 0.695. The van der Waals surface area contributed by atoms with Gasteiger partial charge in [0.1, 0.15) is 0 Å². The Bertz CT molecular complexity index is 716. The smallest absolute Gasteiger partial charge is 0.269 e. The zero-order valence-corrected chi connectivity index (χ0v) is 12.5. The van der Waals surface area contributed by atoms with Gasteiger partial charge in [-0.15, -0.1) is 11.8 Å². The van der Waals surface area contributed by atoms with Crippen molar-refractivity contribution in [2.75, 3.05) is 5.75 Å².